The van der Waals surface area contributed by atoms with Crippen LogP contribution >= 0.6 is 11.6 Å². The number of alkyl carbamates (subject to hydrolysis) is 1. The monoisotopic (exact) mass is 592 g/mol. The Bertz CT molecular complexity index is 1560. The lowest BCUT2D eigenvalue weighted by Crippen LogP contribution is -2.51. The van der Waals surface area contributed by atoms with Gasteiger partial charge in [0.1, 0.15) is 17.5 Å². The lowest BCUT2D eigenvalue weighted by molar-refractivity contribution is -0.120. The normalized spacial score (nSPS) is 17.2. The van der Waals surface area contributed by atoms with Crippen molar-refractivity contribution < 1.29 is 31.6 Å². The first kappa shape index (κ1) is 29.5. The first-order valence-electron chi connectivity index (χ1n) is 12.4. The van der Waals surface area contributed by atoms with Crippen molar-refractivity contribution in [2.45, 2.75) is 70.0 Å². The fourth-order valence-electron chi connectivity index (χ4n) is 3.98. The summed E-state index contributed by atoms with van der Waals surface area (Å²) in [5, 5.41) is 10.8. The molecule has 3 aromatic rings. The predicted octanol–water partition coefficient (Wildman–Crippen LogP) is 5.04. The maximum absolute atomic E-state index is 15.4. The summed E-state index contributed by atoms with van der Waals surface area (Å²) in [5.74, 6) is -2.39. The SMILES string of the molecule is CC(C)(C)OC(=O)N[C@H]1CS(=O)(=O)c2cc(F)c(-c3nnc(C(C)(C)C)o3)cc2N(Cc2ccc(Cl)cc2)C1=O. The number of anilines is 1. The number of ether oxygens (including phenoxy) is 1. The molecule has 1 aliphatic rings. The van der Waals surface area contributed by atoms with Crippen molar-refractivity contribution in [3.05, 3.63) is 58.7 Å². The third-order valence-electron chi connectivity index (χ3n) is 5.87. The molecule has 2 heterocycles. The van der Waals surface area contributed by atoms with Gasteiger partial charge in [0.05, 0.1) is 28.4 Å². The molecule has 0 unspecified atom stereocenters. The zero-order valence-corrected chi connectivity index (χ0v) is 24.5. The van der Waals surface area contributed by atoms with E-state index in [4.69, 9.17) is 20.8 Å². The number of halogens is 2. The summed E-state index contributed by atoms with van der Waals surface area (Å²) >= 11 is 6.01. The van der Waals surface area contributed by atoms with Gasteiger partial charge >= 0.3 is 6.09 Å². The maximum Gasteiger partial charge on any atom is 0.408 e. The van der Waals surface area contributed by atoms with Crippen LogP contribution in [-0.4, -0.2) is 48.0 Å². The van der Waals surface area contributed by atoms with Gasteiger partial charge in [0, 0.05) is 10.4 Å². The second-order valence-corrected chi connectivity index (χ2v) is 13.9. The summed E-state index contributed by atoms with van der Waals surface area (Å²) < 4.78 is 53.4. The lowest BCUT2D eigenvalue weighted by Gasteiger charge is -2.27. The van der Waals surface area contributed by atoms with Crippen molar-refractivity contribution in [1.82, 2.24) is 15.5 Å². The van der Waals surface area contributed by atoms with E-state index in [-0.39, 0.29) is 29.6 Å². The van der Waals surface area contributed by atoms with Gasteiger partial charge in [-0.15, -0.1) is 10.2 Å². The zero-order valence-electron chi connectivity index (χ0n) is 22.9. The van der Waals surface area contributed by atoms with Crippen LogP contribution in [0.15, 0.2) is 45.7 Å². The number of fused-ring (bicyclic) bond motifs is 1. The standard InChI is InChI=1S/C27H30ClFN4O6S/c1-26(2,3)24-32-31-22(38-24)17-11-20-21(12-18(17)29)40(36,37)14-19(30-25(35)39-27(4,5)6)23(34)33(20)13-15-7-9-16(28)10-8-15/h7-12,19H,13-14H2,1-6H3,(H,30,35)/t19-/m0/s1. The molecule has 0 aliphatic carbocycles. The van der Waals surface area contributed by atoms with Gasteiger partial charge in [-0.3, -0.25) is 4.79 Å². The topological polar surface area (TPSA) is 132 Å². The molecule has 1 aromatic heterocycles. The molecule has 10 nitrogen and oxygen atoms in total. The number of nitrogens with zero attached hydrogens (tertiary/aromatic N) is 3. The number of sulfone groups is 1. The molecule has 1 aliphatic heterocycles. The number of hydrogen-bond acceptors (Lipinski definition) is 8. The Morgan fingerprint density at radius 3 is 2.38 bits per heavy atom. The van der Waals surface area contributed by atoms with Gasteiger partial charge in [-0.05, 0) is 50.6 Å². The number of amides is 2. The first-order valence-corrected chi connectivity index (χ1v) is 14.4. The molecule has 0 radical (unpaired) electrons. The van der Waals surface area contributed by atoms with Gasteiger partial charge in [-0.25, -0.2) is 17.6 Å². The van der Waals surface area contributed by atoms with E-state index in [0.717, 1.165) is 6.07 Å². The van der Waals surface area contributed by atoms with Crippen LogP contribution in [0.3, 0.4) is 0 Å². The van der Waals surface area contributed by atoms with Crippen molar-refractivity contribution in [3.63, 3.8) is 0 Å². The minimum absolute atomic E-state index is 0.0969. The van der Waals surface area contributed by atoms with E-state index in [2.05, 4.69) is 15.5 Å². The highest BCUT2D eigenvalue weighted by molar-refractivity contribution is 7.91. The Hall–Kier alpha value is -3.51. The summed E-state index contributed by atoms with van der Waals surface area (Å²) in [4.78, 5) is 27.2. The van der Waals surface area contributed by atoms with E-state index in [9.17, 15) is 18.0 Å². The molecule has 0 saturated carbocycles. The van der Waals surface area contributed by atoms with Gasteiger partial charge in [-0.1, -0.05) is 44.5 Å². The third-order valence-corrected chi connectivity index (χ3v) is 7.89. The van der Waals surface area contributed by atoms with Crippen LogP contribution in [0.25, 0.3) is 11.5 Å². The van der Waals surface area contributed by atoms with Gasteiger partial charge in [0.2, 0.25) is 5.89 Å². The van der Waals surface area contributed by atoms with Crippen LogP contribution in [0.5, 0.6) is 0 Å². The van der Waals surface area contributed by atoms with E-state index < -0.39 is 55.4 Å². The molecule has 2 amide bonds. The quantitative estimate of drug-likeness (QED) is 0.446. The second kappa shape index (κ2) is 10.5. The molecule has 0 saturated heterocycles. The molecule has 0 fully saturated rings. The smallest absolute Gasteiger partial charge is 0.408 e. The predicted molar refractivity (Wildman–Crippen MR) is 146 cm³/mol. The minimum atomic E-state index is -4.28. The van der Waals surface area contributed by atoms with E-state index in [1.807, 2.05) is 20.8 Å². The van der Waals surface area contributed by atoms with Crippen LogP contribution in [-0.2, 0) is 31.3 Å². The molecule has 1 N–H and O–H groups in total. The summed E-state index contributed by atoms with van der Waals surface area (Å²) in [5.41, 5.74) is -1.08. The van der Waals surface area contributed by atoms with Crippen molar-refractivity contribution in [2.75, 3.05) is 10.7 Å². The Morgan fingerprint density at radius 1 is 1.15 bits per heavy atom. The van der Waals surface area contributed by atoms with Crippen molar-refractivity contribution in [1.29, 1.82) is 0 Å². The Labute approximate surface area is 236 Å². The van der Waals surface area contributed by atoms with Gasteiger partial charge in [0.15, 0.2) is 9.84 Å². The number of carbonyl (C=O) groups excluding carboxylic acids is 2. The van der Waals surface area contributed by atoms with E-state index in [1.54, 1.807) is 45.0 Å². The number of nitrogens with one attached hydrogen (secondary N) is 1. The van der Waals surface area contributed by atoms with Crippen LogP contribution < -0.4 is 10.2 Å². The summed E-state index contributed by atoms with van der Waals surface area (Å²) in [6.45, 7) is 10.3. The first-order chi connectivity index (χ1) is 18.4. The van der Waals surface area contributed by atoms with Gasteiger partial charge in [0.25, 0.3) is 11.8 Å². The van der Waals surface area contributed by atoms with Crippen LogP contribution in [0.1, 0.15) is 53.0 Å². The molecule has 0 bridgehead atoms. The average Bonchev–Trinajstić information content (AvgIpc) is 3.30. The van der Waals surface area contributed by atoms with E-state index >= 15 is 4.39 Å². The number of aromatic nitrogens is 2. The van der Waals surface area contributed by atoms with Crippen molar-refractivity contribution >= 4 is 39.1 Å². The van der Waals surface area contributed by atoms with E-state index in [0.29, 0.717) is 10.6 Å². The van der Waals surface area contributed by atoms with Crippen molar-refractivity contribution in [2.24, 2.45) is 0 Å². The highest BCUT2D eigenvalue weighted by Crippen LogP contribution is 2.38. The van der Waals surface area contributed by atoms with Gasteiger partial charge in [-0.2, -0.15) is 0 Å². The number of rotatable bonds is 4. The fourth-order valence-corrected chi connectivity index (χ4v) is 5.72. The lowest BCUT2D eigenvalue weighted by atomic mass is 9.97. The van der Waals surface area contributed by atoms with Crippen LogP contribution in [0.2, 0.25) is 5.02 Å². The number of benzene rings is 2. The van der Waals surface area contributed by atoms with E-state index in [1.165, 1.54) is 11.0 Å². The summed E-state index contributed by atoms with van der Waals surface area (Å²) in [6.07, 6.45) is -0.967. The van der Waals surface area contributed by atoms with Crippen LogP contribution in [0, 0.1) is 5.82 Å². The van der Waals surface area contributed by atoms with Gasteiger partial charge < -0.3 is 19.4 Å². The molecule has 1 atom stereocenters. The highest BCUT2D eigenvalue weighted by Gasteiger charge is 2.40. The highest BCUT2D eigenvalue weighted by atomic mass is 35.5. The third kappa shape index (κ3) is 6.44. The molecular weight excluding hydrogens is 563 g/mol. The molecule has 13 heteroatoms. The molecular formula is C27H30ClFN4O6S. The summed E-state index contributed by atoms with van der Waals surface area (Å²) in [7, 11) is -4.28. The Kier molecular flexibility index (Phi) is 7.72. The Balaban J connectivity index is 1.85. The maximum atomic E-state index is 15.4. The zero-order chi connectivity index (χ0) is 29.6. The van der Waals surface area contributed by atoms with Crippen molar-refractivity contribution in [3.8, 4) is 11.5 Å². The summed E-state index contributed by atoms with van der Waals surface area (Å²) in [6, 6.07) is 7.10. The second-order valence-electron chi connectivity index (χ2n) is 11.5. The molecule has 4 rings (SSSR count). The number of hydrogen-bond donors (Lipinski definition) is 1. The molecule has 40 heavy (non-hydrogen) atoms. The fraction of sp³-hybridized carbons (Fsp3) is 0.407. The van der Waals surface area contributed by atoms with Crippen LogP contribution in [0.4, 0.5) is 14.9 Å². The number of carbonyl (C=O) groups is 2. The molecule has 214 valence electrons. The minimum Gasteiger partial charge on any atom is -0.444 e. The molecule has 2 aromatic carbocycles. The molecule has 0 spiro atoms. The Morgan fingerprint density at radius 2 is 1.80 bits per heavy atom. The average molecular weight is 593 g/mol. The largest absolute Gasteiger partial charge is 0.444 e.